The molecule has 25 heavy (non-hydrogen) atoms. The lowest BCUT2D eigenvalue weighted by Gasteiger charge is -2.34. The van der Waals surface area contributed by atoms with E-state index in [0.717, 1.165) is 24.6 Å². The maximum absolute atomic E-state index is 12.5. The van der Waals surface area contributed by atoms with E-state index < -0.39 is 12.1 Å². The zero-order valence-corrected chi connectivity index (χ0v) is 13.4. The first-order valence-electron chi connectivity index (χ1n) is 8.19. The van der Waals surface area contributed by atoms with Gasteiger partial charge in [-0.1, -0.05) is 0 Å². The third kappa shape index (κ3) is 3.73. The topological polar surface area (TPSA) is 71.2 Å². The lowest BCUT2D eigenvalue weighted by molar-refractivity contribution is -0.157. The number of alkyl halides is 3. The Morgan fingerprint density at radius 3 is 2.32 bits per heavy atom. The highest BCUT2D eigenvalue weighted by Crippen LogP contribution is 2.38. The summed E-state index contributed by atoms with van der Waals surface area (Å²) in [6.07, 6.45) is -2.22. The molecule has 1 saturated heterocycles. The van der Waals surface area contributed by atoms with Crippen molar-refractivity contribution in [3.8, 4) is 0 Å². The first kappa shape index (κ1) is 16.2. The van der Waals surface area contributed by atoms with Crippen molar-refractivity contribution < 1.29 is 17.6 Å². The molecule has 0 bridgehead atoms. The van der Waals surface area contributed by atoms with Crippen molar-refractivity contribution in [2.45, 2.75) is 31.5 Å². The number of halogens is 3. The van der Waals surface area contributed by atoms with Crippen molar-refractivity contribution >= 4 is 5.82 Å². The molecule has 0 amide bonds. The van der Waals surface area contributed by atoms with E-state index in [1.165, 1.54) is 12.8 Å². The molecule has 1 aliphatic heterocycles. The minimum absolute atomic E-state index is 0.0191. The van der Waals surface area contributed by atoms with Crippen molar-refractivity contribution in [2.24, 2.45) is 0 Å². The number of hydrogen-bond donors (Lipinski definition) is 0. The fourth-order valence-electron chi connectivity index (χ4n) is 2.86. The molecule has 0 unspecified atom stereocenters. The molecule has 2 aromatic heterocycles. The fraction of sp³-hybridized carbons (Fsp3) is 0.600. The second-order valence-electron chi connectivity index (χ2n) is 6.35. The van der Waals surface area contributed by atoms with Crippen LogP contribution in [0.1, 0.15) is 36.2 Å². The molecule has 2 aliphatic rings. The molecule has 4 rings (SSSR count). The Morgan fingerprint density at radius 2 is 1.76 bits per heavy atom. The Kier molecular flexibility index (Phi) is 4.06. The number of rotatable bonds is 4. The molecule has 0 atom stereocenters. The smallest absolute Gasteiger partial charge is 0.416 e. The maximum Gasteiger partial charge on any atom is 0.470 e. The Balaban J connectivity index is 1.31. The van der Waals surface area contributed by atoms with E-state index in [0.29, 0.717) is 19.0 Å². The summed E-state index contributed by atoms with van der Waals surface area (Å²) in [5, 5.41) is 15.1. The first-order chi connectivity index (χ1) is 12.0. The van der Waals surface area contributed by atoms with Crippen LogP contribution in [0.15, 0.2) is 16.5 Å². The maximum atomic E-state index is 12.5. The predicted octanol–water partition coefficient (Wildman–Crippen LogP) is 2.08. The molecule has 0 radical (unpaired) electrons. The van der Waals surface area contributed by atoms with Crippen LogP contribution in [0.4, 0.5) is 19.0 Å². The quantitative estimate of drug-likeness (QED) is 0.832. The highest BCUT2D eigenvalue weighted by atomic mass is 19.4. The normalized spacial score (nSPS) is 19.4. The summed E-state index contributed by atoms with van der Waals surface area (Å²) >= 11 is 0. The van der Waals surface area contributed by atoms with Gasteiger partial charge in [-0.3, -0.25) is 4.90 Å². The van der Waals surface area contributed by atoms with E-state index in [2.05, 4.69) is 29.7 Å². The largest absolute Gasteiger partial charge is 0.470 e. The molecule has 0 spiro atoms. The molecule has 2 aromatic rings. The predicted molar refractivity (Wildman–Crippen MR) is 80.8 cm³/mol. The van der Waals surface area contributed by atoms with Gasteiger partial charge in [-0.15, -0.1) is 15.3 Å². The van der Waals surface area contributed by atoms with E-state index in [1.807, 2.05) is 17.0 Å². The molecule has 2 fully saturated rings. The lowest BCUT2D eigenvalue weighted by atomic mass is 10.2. The van der Waals surface area contributed by atoms with Gasteiger partial charge in [-0.25, -0.2) is 0 Å². The SMILES string of the molecule is FC(F)(F)c1nnc(CN2CCN(c3ccc(C4CC4)nn3)CC2)o1. The van der Waals surface area contributed by atoms with Gasteiger partial charge in [0.25, 0.3) is 0 Å². The minimum Gasteiger partial charge on any atom is -0.416 e. The average molecular weight is 354 g/mol. The summed E-state index contributed by atoms with van der Waals surface area (Å²) in [4.78, 5) is 4.10. The van der Waals surface area contributed by atoms with E-state index >= 15 is 0 Å². The molecule has 3 heterocycles. The molecule has 1 aliphatic carbocycles. The first-order valence-corrected chi connectivity index (χ1v) is 8.19. The average Bonchev–Trinajstić information content (AvgIpc) is 3.34. The lowest BCUT2D eigenvalue weighted by Crippen LogP contribution is -2.46. The van der Waals surface area contributed by atoms with Crippen LogP contribution >= 0.6 is 0 Å². The van der Waals surface area contributed by atoms with Gasteiger partial charge >= 0.3 is 12.1 Å². The van der Waals surface area contributed by atoms with Gasteiger partial charge in [0.2, 0.25) is 5.89 Å². The van der Waals surface area contributed by atoms with E-state index in [1.54, 1.807) is 0 Å². The molecule has 10 heteroatoms. The molecule has 134 valence electrons. The summed E-state index contributed by atoms with van der Waals surface area (Å²) in [5.41, 5.74) is 1.05. The number of nitrogens with zero attached hydrogens (tertiary/aromatic N) is 6. The van der Waals surface area contributed by atoms with E-state index in [4.69, 9.17) is 0 Å². The number of aromatic nitrogens is 4. The standard InChI is InChI=1S/C15H17F3N6O/c16-15(17,18)14-22-21-13(25-14)9-23-5-7-24(8-6-23)12-4-3-11(19-20-12)10-1-2-10/h3-4,10H,1-2,5-9H2. The van der Waals surface area contributed by atoms with Crippen LogP contribution in [0.25, 0.3) is 0 Å². The molecular weight excluding hydrogens is 337 g/mol. The number of hydrogen-bond acceptors (Lipinski definition) is 7. The van der Waals surface area contributed by atoms with Gasteiger partial charge in [0.15, 0.2) is 5.82 Å². The highest BCUT2D eigenvalue weighted by molar-refractivity contribution is 5.38. The Labute approximate surface area is 141 Å². The van der Waals surface area contributed by atoms with Gasteiger partial charge in [-0.05, 0) is 25.0 Å². The van der Waals surface area contributed by atoms with Crippen molar-refractivity contribution in [2.75, 3.05) is 31.1 Å². The van der Waals surface area contributed by atoms with Crippen molar-refractivity contribution in [3.05, 3.63) is 29.6 Å². The molecule has 0 aromatic carbocycles. The van der Waals surface area contributed by atoms with Gasteiger partial charge in [0, 0.05) is 32.1 Å². The zero-order chi connectivity index (χ0) is 17.4. The van der Waals surface area contributed by atoms with Gasteiger partial charge in [0.1, 0.15) is 0 Å². The van der Waals surface area contributed by atoms with Gasteiger partial charge < -0.3 is 9.32 Å². The monoisotopic (exact) mass is 354 g/mol. The Hall–Kier alpha value is -2.23. The summed E-state index contributed by atoms with van der Waals surface area (Å²) in [6.45, 7) is 3.00. The molecular formula is C15H17F3N6O. The minimum atomic E-state index is -4.60. The highest BCUT2D eigenvalue weighted by Gasteiger charge is 2.38. The third-order valence-corrected chi connectivity index (χ3v) is 4.43. The van der Waals surface area contributed by atoms with Crippen molar-refractivity contribution in [1.29, 1.82) is 0 Å². The second-order valence-corrected chi connectivity index (χ2v) is 6.35. The fourth-order valence-corrected chi connectivity index (χ4v) is 2.86. The van der Waals surface area contributed by atoms with E-state index in [-0.39, 0.29) is 12.4 Å². The van der Waals surface area contributed by atoms with E-state index in [9.17, 15) is 13.2 Å². The van der Waals surface area contributed by atoms with Gasteiger partial charge in [-0.2, -0.15) is 18.3 Å². The van der Waals surface area contributed by atoms with Crippen LogP contribution in [0.3, 0.4) is 0 Å². The second kappa shape index (κ2) is 6.25. The third-order valence-electron chi connectivity index (χ3n) is 4.43. The van der Waals surface area contributed by atoms with Crippen LogP contribution in [0.5, 0.6) is 0 Å². The van der Waals surface area contributed by atoms with Crippen LogP contribution in [-0.4, -0.2) is 51.5 Å². The van der Waals surface area contributed by atoms with Crippen LogP contribution in [0, 0.1) is 0 Å². The Bertz CT molecular complexity index is 720. The summed E-state index contributed by atoms with van der Waals surface area (Å²) < 4.78 is 42.1. The molecule has 1 saturated carbocycles. The number of anilines is 1. The molecule has 0 N–H and O–H groups in total. The van der Waals surface area contributed by atoms with Crippen molar-refractivity contribution in [3.63, 3.8) is 0 Å². The zero-order valence-electron chi connectivity index (χ0n) is 13.4. The molecule has 7 nitrogen and oxygen atoms in total. The summed E-state index contributed by atoms with van der Waals surface area (Å²) in [6, 6.07) is 4.02. The van der Waals surface area contributed by atoms with Crippen LogP contribution < -0.4 is 4.90 Å². The van der Waals surface area contributed by atoms with Crippen LogP contribution in [-0.2, 0) is 12.7 Å². The summed E-state index contributed by atoms with van der Waals surface area (Å²) in [5.74, 6) is 0.0945. The summed E-state index contributed by atoms with van der Waals surface area (Å²) in [7, 11) is 0. The number of piperazine rings is 1. The van der Waals surface area contributed by atoms with Crippen LogP contribution in [0.2, 0.25) is 0 Å². The Morgan fingerprint density at radius 1 is 1.00 bits per heavy atom. The van der Waals surface area contributed by atoms with Crippen molar-refractivity contribution in [1.82, 2.24) is 25.3 Å². The van der Waals surface area contributed by atoms with Gasteiger partial charge in [0.05, 0.1) is 12.2 Å².